The Balaban J connectivity index is 2.93. The van der Waals surface area contributed by atoms with Crippen molar-refractivity contribution in [1.29, 1.82) is 0 Å². The minimum atomic E-state index is -1.72. The Labute approximate surface area is 90.0 Å². The molecule has 1 heterocycles. The Morgan fingerprint density at radius 3 is 2.42 bits per heavy atom. The third-order valence-corrected chi connectivity index (χ3v) is 4.23. The summed E-state index contributed by atoms with van der Waals surface area (Å²) >= 11 is 23.0. The average molecular weight is 252 g/mol. The fourth-order valence-electron chi connectivity index (χ4n) is 0.915. The lowest BCUT2D eigenvalue weighted by molar-refractivity contribution is -0.125. The van der Waals surface area contributed by atoms with Gasteiger partial charge in [-0.1, -0.05) is 34.8 Å². The van der Waals surface area contributed by atoms with Gasteiger partial charge in [-0.05, 0) is 6.42 Å². The van der Waals surface area contributed by atoms with Gasteiger partial charge in [0.25, 0.3) is 0 Å². The Hall–Kier alpha value is 0.790. The highest BCUT2D eigenvalue weighted by atomic mass is 35.5. The van der Waals surface area contributed by atoms with Crippen LogP contribution in [-0.2, 0) is 9.53 Å². The summed E-state index contributed by atoms with van der Waals surface area (Å²) < 4.78 is 3.38. The van der Waals surface area contributed by atoms with Crippen LogP contribution in [0.4, 0.5) is 0 Å². The second kappa shape index (κ2) is 3.50. The van der Waals surface area contributed by atoms with Crippen LogP contribution in [0.15, 0.2) is 0 Å². The highest BCUT2D eigenvalue weighted by Crippen LogP contribution is 2.47. The number of halogens is 4. The van der Waals surface area contributed by atoms with E-state index in [-0.39, 0.29) is 6.61 Å². The smallest absolute Gasteiger partial charge is 0.231 e. The molecule has 0 aromatic heterocycles. The first-order valence-electron chi connectivity index (χ1n) is 3.25. The van der Waals surface area contributed by atoms with Crippen molar-refractivity contribution < 1.29 is 9.53 Å². The molecule has 0 saturated carbocycles. The van der Waals surface area contributed by atoms with Crippen LogP contribution in [0.1, 0.15) is 6.42 Å². The second-order valence-corrected chi connectivity index (χ2v) is 4.96. The number of aldehydes is 1. The number of ether oxygens (including phenoxy) is 1. The maximum absolute atomic E-state index is 10.6. The van der Waals surface area contributed by atoms with Crippen molar-refractivity contribution >= 4 is 52.7 Å². The molecule has 70 valence electrons. The maximum atomic E-state index is 10.6. The molecule has 1 saturated heterocycles. The normalized spacial score (nSPS) is 40.8. The van der Waals surface area contributed by atoms with Crippen molar-refractivity contribution in [2.24, 2.45) is 0 Å². The fraction of sp³-hybridized carbons (Fsp3) is 0.833. The SMILES string of the molecule is O=CC1(Cl)OCCC(Cl)C1(Cl)Cl. The molecule has 2 atom stereocenters. The minimum Gasteiger partial charge on any atom is -0.350 e. The van der Waals surface area contributed by atoms with E-state index in [1.54, 1.807) is 0 Å². The molecule has 2 nitrogen and oxygen atoms in total. The summed E-state index contributed by atoms with van der Waals surface area (Å²) in [4.78, 5) is 10.6. The van der Waals surface area contributed by atoms with Crippen molar-refractivity contribution in [3.63, 3.8) is 0 Å². The van der Waals surface area contributed by atoms with Gasteiger partial charge >= 0.3 is 0 Å². The lowest BCUT2D eigenvalue weighted by atomic mass is 10.1. The molecule has 0 spiro atoms. The van der Waals surface area contributed by atoms with Crippen LogP contribution in [0, 0.1) is 0 Å². The van der Waals surface area contributed by atoms with E-state index in [2.05, 4.69) is 0 Å². The minimum absolute atomic E-state index is 0.275. The molecule has 0 radical (unpaired) electrons. The van der Waals surface area contributed by atoms with Crippen molar-refractivity contribution in [2.75, 3.05) is 6.61 Å². The summed E-state index contributed by atoms with van der Waals surface area (Å²) in [6.45, 7) is 0.275. The molecule has 0 amide bonds. The molecule has 2 unspecified atom stereocenters. The van der Waals surface area contributed by atoms with Crippen LogP contribution in [0.25, 0.3) is 0 Å². The average Bonchev–Trinajstić information content (AvgIpc) is 2.01. The molecule has 0 aliphatic carbocycles. The lowest BCUT2D eigenvalue weighted by Crippen LogP contribution is -2.55. The van der Waals surface area contributed by atoms with Crippen molar-refractivity contribution in [3.8, 4) is 0 Å². The first kappa shape index (κ1) is 10.9. The van der Waals surface area contributed by atoms with Crippen LogP contribution in [0.3, 0.4) is 0 Å². The third kappa shape index (κ3) is 1.55. The Kier molecular flexibility index (Phi) is 3.17. The van der Waals surface area contributed by atoms with E-state index in [1.807, 2.05) is 0 Å². The van der Waals surface area contributed by atoms with E-state index in [1.165, 1.54) is 0 Å². The zero-order valence-corrected chi connectivity index (χ0v) is 8.92. The second-order valence-electron chi connectivity index (χ2n) is 2.49. The molecule has 0 aromatic rings. The van der Waals surface area contributed by atoms with Gasteiger partial charge in [-0.25, -0.2) is 0 Å². The number of carbonyl (C=O) groups is 1. The Bertz CT molecular complexity index is 196. The Morgan fingerprint density at radius 1 is 1.42 bits per heavy atom. The van der Waals surface area contributed by atoms with E-state index in [0.717, 1.165) is 0 Å². The van der Waals surface area contributed by atoms with E-state index < -0.39 is 14.8 Å². The molecular weight excluding hydrogens is 246 g/mol. The summed E-state index contributed by atoms with van der Waals surface area (Å²) in [7, 11) is 0. The zero-order chi connectivity index (χ0) is 9.41. The maximum Gasteiger partial charge on any atom is 0.231 e. The molecule has 1 aliphatic rings. The van der Waals surface area contributed by atoms with E-state index in [9.17, 15) is 4.79 Å². The van der Waals surface area contributed by atoms with Gasteiger partial charge in [-0.15, -0.1) is 11.6 Å². The van der Waals surface area contributed by atoms with Crippen molar-refractivity contribution in [2.45, 2.75) is 21.2 Å². The number of hydrogen-bond acceptors (Lipinski definition) is 2. The van der Waals surface area contributed by atoms with Gasteiger partial charge in [0.2, 0.25) is 5.06 Å². The van der Waals surface area contributed by atoms with Crippen LogP contribution in [-0.4, -0.2) is 27.7 Å². The standard InChI is InChI=1S/C6H6Cl4O2/c7-4-1-2-12-5(8,3-11)6(4,9)10/h3-4H,1-2H2. The largest absolute Gasteiger partial charge is 0.350 e. The molecule has 12 heavy (non-hydrogen) atoms. The van der Waals surface area contributed by atoms with Crippen LogP contribution < -0.4 is 0 Å². The van der Waals surface area contributed by atoms with Gasteiger partial charge in [0.05, 0.1) is 12.0 Å². The molecule has 0 N–H and O–H groups in total. The highest BCUT2D eigenvalue weighted by molar-refractivity contribution is 6.58. The highest BCUT2D eigenvalue weighted by Gasteiger charge is 2.56. The van der Waals surface area contributed by atoms with Crippen LogP contribution in [0.2, 0.25) is 0 Å². The summed E-state index contributed by atoms with van der Waals surface area (Å²) in [6, 6.07) is 0. The van der Waals surface area contributed by atoms with Gasteiger partial charge < -0.3 is 4.74 Å². The van der Waals surface area contributed by atoms with Gasteiger partial charge in [-0.3, -0.25) is 4.79 Å². The van der Waals surface area contributed by atoms with Crippen LogP contribution in [0.5, 0.6) is 0 Å². The summed E-state index contributed by atoms with van der Waals surface area (Å²) in [5.41, 5.74) is 0. The molecule has 1 fully saturated rings. The molecule has 1 rings (SSSR count). The van der Waals surface area contributed by atoms with Crippen molar-refractivity contribution in [1.82, 2.24) is 0 Å². The van der Waals surface area contributed by atoms with E-state index in [0.29, 0.717) is 12.7 Å². The van der Waals surface area contributed by atoms with Crippen LogP contribution >= 0.6 is 46.4 Å². The Morgan fingerprint density at radius 2 is 2.00 bits per heavy atom. The number of hydrogen-bond donors (Lipinski definition) is 0. The lowest BCUT2D eigenvalue weighted by Gasteiger charge is -2.40. The molecule has 1 aliphatic heterocycles. The number of carbonyl (C=O) groups excluding carboxylic acids is 1. The topological polar surface area (TPSA) is 26.3 Å². The number of alkyl halides is 4. The zero-order valence-electron chi connectivity index (χ0n) is 5.90. The van der Waals surface area contributed by atoms with Gasteiger partial charge in [0.1, 0.15) is 0 Å². The van der Waals surface area contributed by atoms with Gasteiger partial charge in [-0.2, -0.15) is 0 Å². The predicted octanol–water partition coefficient (Wildman–Crippen LogP) is 2.32. The van der Waals surface area contributed by atoms with Gasteiger partial charge in [0.15, 0.2) is 10.6 Å². The quantitative estimate of drug-likeness (QED) is 0.528. The van der Waals surface area contributed by atoms with Crippen molar-refractivity contribution in [3.05, 3.63) is 0 Å². The molecule has 6 heteroatoms. The summed E-state index contributed by atoms with van der Waals surface area (Å²) in [6.07, 6.45) is 0.833. The monoisotopic (exact) mass is 250 g/mol. The summed E-state index contributed by atoms with van der Waals surface area (Å²) in [5.74, 6) is 0. The third-order valence-electron chi connectivity index (χ3n) is 1.68. The van der Waals surface area contributed by atoms with E-state index in [4.69, 9.17) is 51.1 Å². The first-order valence-corrected chi connectivity index (χ1v) is 4.82. The number of rotatable bonds is 1. The van der Waals surface area contributed by atoms with Gasteiger partial charge in [0, 0.05) is 0 Å². The van der Waals surface area contributed by atoms with E-state index >= 15 is 0 Å². The molecular formula is C6H6Cl4O2. The molecule has 0 aromatic carbocycles. The summed E-state index contributed by atoms with van der Waals surface area (Å²) in [5, 5.41) is -2.31. The fourth-order valence-corrected chi connectivity index (χ4v) is 1.85. The molecule has 0 bridgehead atoms. The first-order chi connectivity index (χ1) is 5.44. The predicted molar refractivity (Wildman–Crippen MR) is 49.3 cm³/mol.